The van der Waals surface area contributed by atoms with E-state index in [0.29, 0.717) is 13.2 Å². The molecular formula is C15H24NO3P. The topological polar surface area (TPSA) is 51.0 Å². The van der Waals surface area contributed by atoms with Crippen LogP contribution < -0.4 is 5.30 Å². The van der Waals surface area contributed by atoms with Crippen molar-refractivity contribution in [1.82, 2.24) is 0 Å². The molecule has 1 aliphatic rings. The van der Waals surface area contributed by atoms with E-state index in [0.717, 1.165) is 22.3 Å². The molecule has 112 valence electrons. The second kappa shape index (κ2) is 5.53. The maximum atomic E-state index is 10.7. The number of benzene rings is 1. The number of hydrogen-bond acceptors (Lipinski definition) is 4. The number of hydrogen-bond donors (Lipinski definition) is 1. The van der Waals surface area contributed by atoms with Crippen molar-refractivity contribution in [2.45, 2.75) is 40.0 Å². The first-order valence-corrected chi connectivity index (χ1v) is 8.82. The summed E-state index contributed by atoms with van der Waals surface area (Å²) >= 11 is 0. The Morgan fingerprint density at radius 1 is 1.20 bits per heavy atom. The Kier molecular flexibility index (Phi) is 4.31. The van der Waals surface area contributed by atoms with Crippen LogP contribution in [0.2, 0.25) is 0 Å². The van der Waals surface area contributed by atoms with Gasteiger partial charge in [0, 0.05) is 0 Å². The normalized spacial score (nSPS) is 17.8. The number of aliphatic imine (C=N–C) groups is 1. The third-order valence-corrected chi connectivity index (χ3v) is 6.31. The van der Waals surface area contributed by atoms with Crippen molar-refractivity contribution in [3.05, 3.63) is 23.8 Å². The molecule has 4 nitrogen and oxygen atoms in total. The van der Waals surface area contributed by atoms with Crippen molar-refractivity contribution in [2.24, 2.45) is 4.99 Å². The Hall–Kier alpha value is -0.800. The molecule has 1 aromatic rings. The molecule has 20 heavy (non-hydrogen) atoms. The molecule has 0 unspecified atom stereocenters. The number of rotatable bonds is 5. The predicted octanol–water partition coefficient (Wildman–Crippen LogP) is 3.26. The third-order valence-electron chi connectivity index (χ3n) is 3.91. The van der Waals surface area contributed by atoms with Gasteiger partial charge in [-0.3, -0.25) is 0 Å². The average Bonchev–Trinajstić information content (AvgIpc) is 2.61. The van der Waals surface area contributed by atoms with Crippen LogP contribution in [-0.2, 0) is 14.5 Å². The minimum absolute atomic E-state index is 0.112. The summed E-state index contributed by atoms with van der Waals surface area (Å²) in [5.41, 5.74) is 3.07. The summed E-state index contributed by atoms with van der Waals surface area (Å²) in [5.74, 6) is 0. The molecule has 1 N–H and O–H groups in total. The summed E-state index contributed by atoms with van der Waals surface area (Å²) in [4.78, 5) is 15.3. The van der Waals surface area contributed by atoms with Crippen LogP contribution in [0.3, 0.4) is 0 Å². The Balaban J connectivity index is 2.45. The van der Waals surface area contributed by atoms with Crippen molar-refractivity contribution in [3.63, 3.8) is 0 Å². The molecule has 0 spiro atoms. The van der Waals surface area contributed by atoms with Gasteiger partial charge in [-0.1, -0.05) is 0 Å². The first kappa shape index (κ1) is 15.6. The van der Waals surface area contributed by atoms with E-state index in [1.54, 1.807) is 0 Å². The molecule has 0 saturated carbocycles. The van der Waals surface area contributed by atoms with E-state index in [9.17, 15) is 4.89 Å². The van der Waals surface area contributed by atoms with Gasteiger partial charge in [0.15, 0.2) is 0 Å². The monoisotopic (exact) mass is 297 g/mol. The standard InChI is InChI=1S/C15H24NO3P/c1-6-18-20(17,19-7-2)12-8-9-14-13(10-12)15(4,5)11(3)16-14/h8-10,17,20H,6-7H2,1-5H3. The van der Waals surface area contributed by atoms with Gasteiger partial charge in [-0.2, -0.15) is 0 Å². The molecule has 1 aromatic carbocycles. The molecule has 5 heteroatoms. The molecule has 0 amide bonds. The van der Waals surface area contributed by atoms with Crippen molar-refractivity contribution < 1.29 is 13.9 Å². The Bertz CT molecular complexity index is 534. The van der Waals surface area contributed by atoms with E-state index < -0.39 is 7.94 Å². The quantitative estimate of drug-likeness (QED) is 0.849. The van der Waals surface area contributed by atoms with E-state index in [-0.39, 0.29) is 5.41 Å². The van der Waals surface area contributed by atoms with Crippen LogP contribution in [0, 0.1) is 0 Å². The summed E-state index contributed by atoms with van der Waals surface area (Å²) in [6, 6.07) is 5.81. The van der Waals surface area contributed by atoms with E-state index in [4.69, 9.17) is 9.05 Å². The second-order valence-corrected chi connectivity index (χ2v) is 7.82. The summed E-state index contributed by atoms with van der Waals surface area (Å²) in [6.07, 6.45) is 0. The minimum atomic E-state index is -3.30. The SMILES string of the molecule is CCO[PH](O)(OCC)c1ccc2c(c1)C(C)(C)C(C)=N2. The summed E-state index contributed by atoms with van der Waals surface area (Å²) < 4.78 is 11.1. The van der Waals surface area contributed by atoms with Crippen LogP contribution in [0.1, 0.15) is 40.2 Å². The Morgan fingerprint density at radius 3 is 2.35 bits per heavy atom. The van der Waals surface area contributed by atoms with E-state index in [2.05, 4.69) is 18.8 Å². The van der Waals surface area contributed by atoms with Gasteiger partial charge in [0.25, 0.3) is 0 Å². The van der Waals surface area contributed by atoms with E-state index >= 15 is 0 Å². The zero-order chi connectivity index (χ0) is 15.0. The molecule has 0 aliphatic carbocycles. The maximum absolute atomic E-state index is 10.7. The van der Waals surface area contributed by atoms with Gasteiger partial charge in [0.2, 0.25) is 0 Å². The van der Waals surface area contributed by atoms with Gasteiger partial charge in [-0.05, 0) is 0 Å². The fraction of sp³-hybridized carbons (Fsp3) is 0.533. The van der Waals surface area contributed by atoms with Crippen LogP contribution in [0.4, 0.5) is 5.69 Å². The molecule has 0 saturated heterocycles. The average molecular weight is 297 g/mol. The first-order chi connectivity index (χ1) is 9.35. The molecule has 2 rings (SSSR count). The molecule has 0 bridgehead atoms. The molecule has 1 heterocycles. The Labute approximate surface area is 121 Å². The summed E-state index contributed by atoms with van der Waals surface area (Å²) in [6.45, 7) is 10.9. The van der Waals surface area contributed by atoms with Crippen molar-refractivity contribution >= 4 is 24.6 Å². The second-order valence-electron chi connectivity index (χ2n) is 5.50. The fourth-order valence-electron chi connectivity index (χ4n) is 2.45. The van der Waals surface area contributed by atoms with Gasteiger partial charge < -0.3 is 0 Å². The van der Waals surface area contributed by atoms with Crippen molar-refractivity contribution in [2.75, 3.05) is 13.2 Å². The first-order valence-electron chi connectivity index (χ1n) is 7.06. The summed E-state index contributed by atoms with van der Waals surface area (Å²) in [7, 11) is -3.30. The van der Waals surface area contributed by atoms with E-state index in [1.165, 1.54) is 0 Å². The molecular weight excluding hydrogens is 273 g/mol. The zero-order valence-electron chi connectivity index (χ0n) is 12.9. The number of nitrogens with zero attached hydrogens (tertiary/aromatic N) is 1. The predicted molar refractivity (Wildman–Crippen MR) is 85.7 cm³/mol. The molecule has 0 atom stereocenters. The third kappa shape index (κ3) is 2.53. The molecule has 0 aromatic heterocycles. The molecule has 1 aliphatic heterocycles. The van der Waals surface area contributed by atoms with Crippen LogP contribution in [0.25, 0.3) is 0 Å². The van der Waals surface area contributed by atoms with Crippen LogP contribution >= 0.6 is 7.94 Å². The van der Waals surface area contributed by atoms with Crippen LogP contribution in [0.15, 0.2) is 23.2 Å². The zero-order valence-corrected chi connectivity index (χ0v) is 13.9. The van der Waals surface area contributed by atoms with Gasteiger partial charge in [-0.25, -0.2) is 0 Å². The fourth-order valence-corrected chi connectivity index (χ4v) is 4.27. The van der Waals surface area contributed by atoms with E-state index in [1.807, 2.05) is 39.0 Å². The van der Waals surface area contributed by atoms with Crippen LogP contribution in [-0.4, -0.2) is 23.8 Å². The van der Waals surface area contributed by atoms with Crippen molar-refractivity contribution in [1.29, 1.82) is 0 Å². The van der Waals surface area contributed by atoms with Gasteiger partial charge in [0.05, 0.1) is 0 Å². The van der Waals surface area contributed by atoms with Gasteiger partial charge >= 0.3 is 121 Å². The van der Waals surface area contributed by atoms with Crippen molar-refractivity contribution in [3.8, 4) is 0 Å². The number of fused-ring (bicyclic) bond motifs is 1. The Morgan fingerprint density at radius 2 is 1.80 bits per heavy atom. The van der Waals surface area contributed by atoms with Crippen LogP contribution in [0.5, 0.6) is 0 Å². The molecule has 0 fully saturated rings. The molecule has 0 radical (unpaired) electrons. The van der Waals surface area contributed by atoms with Gasteiger partial charge in [-0.15, -0.1) is 0 Å². The van der Waals surface area contributed by atoms with Gasteiger partial charge in [0.1, 0.15) is 0 Å². The summed E-state index contributed by atoms with van der Waals surface area (Å²) in [5, 5.41) is 0.748.